The Morgan fingerprint density at radius 1 is 1.32 bits per heavy atom. The monoisotopic (exact) mass is 290 g/mol. The van der Waals surface area contributed by atoms with Crippen molar-refractivity contribution in [3.05, 3.63) is 0 Å². The Morgan fingerprint density at radius 3 is 2.53 bits per heavy atom. The summed E-state index contributed by atoms with van der Waals surface area (Å²) in [6.45, 7) is 0.651. The van der Waals surface area contributed by atoms with Crippen molar-refractivity contribution in [1.29, 1.82) is 0 Å². The fraction of sp³-hybridized carbons (Fsp3) is 0.917. The van der Waals surface area contributed by atoms with E-state index in [4.69, 9.17) is 5.11 Å². The molecule has 1 atom stereocenters. The Hall–Kier alpha value is -0.660. The van der Waals surface area contributed by atoms with Gasteiger partial charge in [-0.2, -0.15) is 4.31 Å². The van der Waals surface area contributed by atoms with Crippen LogP contribution in [0.3, 0.4) is 0 Å². The van der Waals surface area contributed by atoms with Crippen molar-refractivity contribution >= 4 is 15.9 Å². The quantitative estimate of drug-likeness (QED) is 0.759. The van der Waals surface area contributed by atoms with E-state index in [0.29, 0.717) is 19.5 Å². The largest absolute Gasteiger partial charge is 0.395 e. The highest BCUT2D eigenvalue weighted by Gasteiger charge is 2.40. The molecule has 1 saturated heterocycles. The molecule has 0 aromatic heterocycles. The number of nitrogens with zero attached hydrogens (tertiary/aromatic N) is 2. The molecule has 1 saturated carbocycles. The van der Waals surface area contributed by atoms with Crippen LogP contribution in [0.25, 0.3) is 0 Å². The number of sulfonamides is 1. The van der Waals surface area contributed by atoms with Crippen LogP contribution >= 0.6 is 0 Å². The number of aliphatic hydroxyl groups is 1. The van der Waals surface area contributed by atoms with E-state index >= 15 is 0 Å². The minimum atomic E-state index is -3.35. The van der Waals surface area contributed by atoms with Crippen molar-refractivity contribution < 1.29 is 18.3 Å². The van der Waals surface area contributed by atoms with Crippen LogP contribution in [-0.4, -0.2) is 66.7 Å². The summed E-state index contributed by atoms with van der Waals surface area (Å²) in [6.07, 6.45) is 5.33. The van der Waals surface area contributed by atoms with Crippen LogP contribution in [0.1, 0.15) is 32.1 Å². The topological polar surface area (TPSA) is 77.9 Å². The molecule has 1 unspecified atom stereocenters. The maximum Gasteiger partial charge on any atom is 0.241 e. The first-order valence-corrected chi connectivity index (χ1v) is 8.68. The molecular weight excluding hydrogens is 268 g/mol. The third-order valence-corrected chi connectivity index (χ3v) is 5.07. The number of carbonyl (C=O) groups excluding carboxylic acids is 1. The van der Waals surface area contributed by atoms with E-state index in [1.807, 2.05) is 0 Å². The summed E-state index contributed by atoms with van der Waals surface area (Å²) >= 11 is 0. The van der Waals surface area contributed by atoms with Gasteiger partial charge in [0.2, 0.25) is 15.9 Å². The smallest absolute Gasteiger partial charge is 0.241 e. The van der Waals surface area contributed by atoms with E-state index in [-0.39, 0.29) is 18.6 Å². The molecule has 19 heavy (non-hydrogen) atoms. The zero-order valence-corrected chi connectivity index (χ0v) is 12.1. The Labute approximate surface area is 114 Å². The first-order valence-electron chi connectivity index (χ1n) is 6.83. The van der Waals surface area contributed by atoms with Gasteiger partial charge in [0.15, 0.2) is 0 Å². The maximum absolute atomic E-state index is 12.5. The van der Waals surface area contributed by atoms with Gasteiger partial charge in [0.25, 0.3) is 0 Å². The summed E-state index contributed by atoms with van der Waals surface area (Å²) in [7, 11) is -3.35. The fourth-order valence-corrected chi connectivity index (χ4v) is 3.83. The first kappa shape index (κ1) is 14.7. The molecule has 0 bridgehead atoms. The van der Waals surface area contributed by atoms with Crippen molar-refractivity contribution in [3.8, 4) is 0 Å². The third-order valence-electron chi connectivity index (χ3n) is 3.78. The van der Waals surface area contributed by atoms with Gasteiger partial charge in [-0.05, 0) is 25.7 Å². The van der Waals surface area contributed by atoms with E-state index in [9.17, 15) is 13.2 Å². The highest BCUT2D eigenvalue weighted by atomic mass is 32.2. The van der Waals surface area contributed by atoms with Crippen molar-refractivity contribution in [2.45, 2.75) is 44.2 Å². The molecule has 0 aromatic rings. The van der Waals surface area contributed by atoms with E-state index in [0.717, 1.165) is 31.9 Å². The number of hydrogen-bond acceptors (Lipinski definition) is 4. The van der Waals surface area contributed by atoms with Gasteiger partial charge in [-0.25, -0.2) is 8.42 Å². The molecule has 0 aromatic carbocycles. The van der Waals surface area contributed by atoms with Crippen LogP contribution in [0.4, 0.5) is 0 Å². The van der Waals surface area contributed by atoms with Crippen LogP contribution in [0.2, 0.25) is 0 Å². The standard InChI is InChI=1S/C12H22N2O4S/c1-19(17,18)14-7-3-2-4-11(14)12(16)13(8-9-15)10-5-6-10/h10-11,15H,2-9H2,1H3. The van der Waals surface area contributed by atoms with E-state index in [1.54, 1.807) is 4.90 Å². The maximum atomic E-state index is 12.5. The van der Waals surface area contributed by atoms with Gasteiger partial charge in [0.05, 0.1) is 12.9 Å². The highest BCUT2D eigenvalue weighted by molar-refractivity contribution is 7.88. The van der Waals surface area contributed by atoms with Crippen LogP contribution in [0, 0.1) is 0 Å². The van der Waals surface area contributed by atoms with Crippen molar-refractivity contribution in [2.75, 3.05) is 26.0 Å². The molecule has 1 amide bonds. The summed E-state index contributed by atoms with van der Waals surface area (Å²) in [5.74, 6) is -0.137. The second-order valence-electron chi connectivity index (χ2n) is 5.37. The number of aliphatic hydroxyl groups excluding tert-OH is 1. The Kier molecular flexibility index (Phi) is 4.47. The van der Waals surface area contributed by atoms with Crippen LogP contribution in [-0.2, 0) is 14.8 Å². The summed E-state index contributed by atoms with van der Waals surface area (Å²) in [6, 6.07) is -0.376. The Balaban J connectivity index is 2.14. The molecule has 1 aliphatic heterocycles. The SMILES string of the molecule is CS(=O)(=O)N1CCCCC1C(=O)N(CCO)C1CC1. The predicted octanol–water partition coefficient (Wildman–Crippen LogP) is -0.216. The molecule has 2 fully saturated rings. The van der Waals surface area contributed by atoms with Gasteiger partial charge in [0, 0.05) is 19.1 Å². The molecule has 1 heterocycles. The summed E-state index contributed by atoms with van der Waals surface area (Å²) in [5, 5.41) is 9.06. The van der Waals surface area contributed by atoms with E-state index in [1.165, 1.54) is 4.31 Å². The van der Waals surface area contributed by atoms with Gasteiger partial charge in [-0.1, -0.05) is 6.42 Å². The fourth-order valence-electron chi connectivity index (χ4n) is 2.71. The molecule has 2 aliphatic rings. The van der Waals surface area contributed by atoms with Crippen molar-refractivity contribution in [2.24, 2.45) is 0 Å². The Morgan fingerprint density at radius 2 is 2.00 bits per heavy atom. The van der Waals surface area contributed by atoms with Crippen molar-refractivity contribution in [1.82, 2.24) is 9.21 Å². The molecule has 7 heteroatoms. The molecular formula is C12H22N2O4S. The Bertz CT molecular complexity index is 433. The number of hydrogen-bond donors (Lipinski definition) is 1. The van der Waals surface area contributed by atoms with Crippen LogP contribution < -0.4 is 0 Å². The summed E-state index contributed by atoms with van der Waals surface area (Å²) in [4.78, 5) is 14.2. The van der Waals surface area contributed by atoms with E-state index < -0.39 is 16.1 Å². The third kappa shape index (κ3) is 3.46. The lowest BCUT2D eigenvalue weighted by atomic mass is 10.0. The molecule has 0 spiro atoms. The minimum Gasteiger partial charge on any atom is -0.395 e. The second kappa shape index (κ2) is 5.76. The lowest BCUT2D eigenvalue weighted by Gasteiger charge is -2.36. The molecule has 6 nitrogen and oxygen atoms in total. The minimum absolute atomic E-state index is 0.0756. The number of piperidine rings is 1. The van der Waals surface area contributed by atoms with Gasteiger partial charge in [-0.3, -0.25) is 4.79 Å². The number of rotatable bonds is 5. The van der Waals surface area contributed by atoms with Crippen LogP contribution in [0.15, 0.2) is 0 Å². The van der Waals surface area contributed by atoms with Gasteiger partial charge >= 0.3 is 0 Å². The molecule has 0 radical (unpaired) electrons. The predicted molar refractivity (Wildman–Crippen MR) is 71.0 cm³/mol. The average Bonchev–Trinajstić information content (AvgIpc) is 3.18. The van der Waals surface area contributed by atoms with E-state index in [2.05, 4.69) is 0 Å². The van der Waals surface area contributed by atoms with Gasteiger partial charge in [-0.15, -0.1) is 0 Å². The molecule has 110 valence electrons. The zero-order valence-electron chi connectivity index (χ0n) is 11.3. The van der Waals surface area contributed by atoms with Crippen LogP contribution in [0.5, 0.6) is 0 Å². The molecule has 1 aliphatic carbocycles. The normalized spacial score (nSPS) is 25.3. The lowest BCUT2D eigenvalue weighted by molar-refractivity contribution is -0.137. The zero-order chi connectivity index (χ0) is 14.0. The highest BCUT2D eigenvalue weighted by Crippen LogP contribution is 2.30. The summed E-state index contributed by atoms with van der Waals surface area (Å²) < 4.78 is 24.9. The number of carbonyl (C=O) groups is 1. The number of amides is 1. The molecule has 2 rings (SSSR count). The first-order chi connectivity index (χ1) is 8.95. The molecule has 1 N–H and O–H groups in total. The van der Waals surface area contributed by atoms with Crippen molar-refractivity contribution in [3.63, 3.8) is 0 Å². The lowest BCUT2D eigenvalue weighted by Crippen LogP contribution is -2.53. The van der Waals surface area contributed by atoms with Gasteiger partial charge < -0.3 is 10.0 Å². The van der Waals surface area contributed by atoms with Gasteiger partial charge in [0.1, 0.15) is 6.04 Å². The summed E-state index contributed by atoms with van der Waals surface area (Å²) in [5.41, 5.74) is 0. The second-order valence-corrected chi connectivity index (χ2v) is 7.31. The average molecular weight is 290 g/mol.